The molecule has 0 radical (unpaired) electrons. The van der Waals surface area contributed by atoms with Crippen molar-refractivity contribution < 1.29 is 14.3 Å². The van der Waals surface area contributed by atoms with E-state index in [0.29, 0.717) is 40.5 Å². The number of anilines is 1. The number of rotatable bonds is 7. The van der Waals surface area contributed by atoms with Crippen molar-refractivity contribution in [1.82, 2.24) is 9.55 Å². The Morgan fingerprint density at radius 1 is 1.13 bits per heavy atom. The fourth-order valence-electron chi connectivity index (χ4n) is 2.88. The van der Waals surface area contributed by atoms with E-state index >= 15 is 0 Å². The van der Waals surface area contributed by atoms with Gasteiger partial charge in [-0.1, -0.05) is 23.9 Å². The molecule has 30 heavy (non-hydrogen) atoms. The molecule has 1 atom stereocenters. The molecule has 0 bridgehead atoms. The van der Waals surface area contributed by atoms with E-state index < -0.39 is 11.2 Å². The highest BCUT2D eigenvalue weighted by molar-refractivity contribution is 8.00. The van der Waals surface area contributed by atoms with Gasteiger partial charge in [0.15, 0.2) is 5.16 Å². The topological polar surface area (TPSA) is 90.3 Å². The van der Waals surface area contributed by atoms with Crippen molar-refractivity contribution in [2.24, 2.45) is 0 Å². The summed E-state index contributed by atoms with van der Waals surface area (Å²) in [5, 5.41) is 3.40. The highest BCUT2D eigenvalue weighted by Crippen LogP contribution is 2.23. The van der Waals surface area contributed by atoms with Crippen LogP contribution in [0, 0.1) is 0 Å². The zero-order valence-electron chi connectivity index (χ0n) is 17.0. The fraction of sp³-hybridized carbons (Fsp3) is 0.273. The average molecular weight is 426 g/mol. The lowest BCUT2D eigenvalue weighted by atomic mass is 10.2. The second kappa shape index (κ2) is 9.58. The monoisotopic (exact) mass is 425 g/mol. The van der Waals surface area contributed by atoms with Gasteiger partial charge in [0.05, 0.1) is 28.3 Å². The van der Waals surface area contributed by atoms with Crippen molar-refractivity contribution in [1.29, 1.82) is 0 Å². The molecule has 0 saturated heterocycles. The number of fused-ring (bicyclic) bond motifs is 1. The summed E-state index contributed by atoms with van der Waals surface area (Å²) < 4.78 is 6.53. The highest BCUT2D eigenvalue weighted by atomic mass is 32.2. The molecule has 0 aliphatic carbocycles. The van der Waals surface area contributed by atoms with Gasteiger partial charge in [-0.05, 0) is 57.2 Å². The van der Waals surface area contributed by atoms with Crippen molar-refractivity contribution in [3.05, 3.63) is 64.4 Å². The molecule has 156 valence electrons. The second-order valence-corrected chi connectivity index (χ2v) is 7.82. The molecule has 0 spiro atoms. The molecular formula is C22H23N3O4S. The summed E-state index contributed by atoms with van der Waals surface area (Å²) in [5.74, 6) is -0.631. The Morgan fingerprint density at radius 3 is 2.50 bits per heavy atom. The van der Waals surface area contributed by atoms with Crippen LogP contribution >= 0.6 is 11.8 Å². The lowest BCUT2D eigenvalue weighted by Gasteiger charge is -2.15. The molecule has 1 amide bonds. The summed E-state index contributed by atoms with van der Waals surface area (Å²) in [5.41, 5.74) is 1.48. The number of ether oxygens (including phenoxy) is 1. The minimum Gasteiger partial charge on any atom is -0.462 e. The number of para-hydroxylation sites is 1. The number of thioether (sulfide) groups is 1. The molecule has 1 unspecified atom stereocenters. The van der Waals surface area contributed by atoms with Crippen LogP contribution in [-0.2, 0) is 16.1 Å². The van der Waals surface area contributed by atoms with Gasteiger partial charge < -0.3 is 10.1 Å². The molecule has 3 rings (SSSR count). The van der Waals surface area contributed by atoms with Crippen molar-refractivity contribution in [3.63, 3.8) is 0 Å². The number of carbonyl (C=O) groups is 2. The summed E-state index contributed by atoms with van der Waals surface area (Å²) in [6, 6.07) is 13.7. The number of benzene rings is 2. The number of esters is 1. The Bertz CT molecular complexity index is 1130. The van der Waals surface area contributed by atoms with Gasteiger partial charge in [0.25, 0.3) is 5.56 Å². The summed E-state index contributed by atoms with van der Waals surface area (Å²) in [6.45, 7) is 6.14. The maximum Gasteiger partial charge on any atom is 0.338 e. The van der Waals surface area contributed by atoms with Crippen LogP contribution in [0.2, 0.25) is 0 Å². The Kier molecular flexibility index (Phi) is 6.89. The van der Waals surface area contributed by atoms with Crippen LogP contribution in [0.15, 0.2) is 58.5 Å². The first-order valence-electron chi connectivity index (χ1n) is 9.68. The van der Waals surface area contributed by atoms with Gasteiger partial charge in [0.2, 0.25) is 5.91 Å². The molecule has 0 aliphatic heterocycles. The first kappa shape index (κ1) is 21.6. The van der Waals surface area contributed by atoms with E-state index in [4.69, 9.17) is 4.74 Å². The predicted octanol–water partition coefficient (Wildman–Crippen LogP) is 3.71. The van der Waals surface area contributed by atoms with E-state index in [1.807, 2.05) is 19.1 Å². The molecule has 1 heterocycles. The van der Waals surface area contributed by atoms with Gasteiger partial charge in [-0.2, -0.15) is 0 Å². The Balaban J connectivity index is 1.74. The zero-order valence-corrected chi connectivity index (χ0v) is 17.9. The number of amides is 1. The van der Waals surface area contributed by atoms with Crippen LogP contribution in [0.1, 0.15) is 31.1 Å². The molecule has 0 fully saturated rings. The van der Waals surface area contributed by atoms with Crippen LogP contribution in [-0.4, -0.2) is 33.3 Å². The number of aromatic nitrogens is 2. The molecule has 8 heteroatoms. The maximum absolute atomic E-state index is 12.7. The van der Waals surface area contributed by atoms with Gasteiger partial charge in [-0.25, -0.2) is 9.78 Å². The van der Waals surface area contributed by atoms with Gasteiger partial charge in [-0.15, -0.1) is 0 Å². The Morgan fingerprint density at radius 2 is 1.83 bits per heavy atom. The molecule has 7 nitrogen and oxygen atoms in total. The summed E-state index contributed by atoms with van der Waals surface area (Å²) in [4.78, 5) is 41.7. The smallest absolute Gasteiger partial charge is 0.338 e. The summed E-state index contributed by atoms with van der Waals surface area (Å²) in [7, 11) is 0. The van der Waals surface area contributed by atoms with E-state index in [1.165, 1.54) is 11.8 Å². The van der Waals surface area contributed by atoms with Crippen LogP contribution < -0.4 is 10.9 Å². The summed E-state index contributed by atoms with van der Waals surface area (Å²) >= 11 is 1.23. The SMILES string of the molecule is CCOC(=O)c1ccc(NC(=O)C(C)Sc2nc3ccccc3c(=O)n2CC)cc1. The summed E-state index contributed by atoms with van der Waals surface area (Å²) in [6.07, 6.45) is 0. The van der Waals surface area contributed by atoms with E-state index in [9.17, 15) is 14.4 Å². The number of nitrogens with one attached hydrogen (secondary N) is 1. The van der Waals surface area contributed by atoms with Crippen LogP contribution in [0.5, 0.6) is 0 Å². The number of hydrogen-bond donors (Lipinski definition) is 1. The third kappa shape index (κ3) is 4.71. The number of hydrogen-bond acceptors (Lipinski definition) is 6. The van der Waals surface area contributed by atoms with E-state index in [0.717, 1.165) is 0 Å². The van der Waals surface area contributed by atoms with Crippen molar-refractivity contribution >= 4 is 40.2 Å². The van der Waals surface area contributed by atoms with E-state index in [2.05, 4.69) is 10.3 Å². The molecule has 1 N–H and O–H groups in total. The first-order valence-corrected chi connectivity index (χ1v) is 10.6. The number of nitrogens with zero attached hydrogens (tertiary/aromatic N) is 2. The largest absolute Gasteiger partial charge is 0.462 e. The standard InChI is InChI=1S/C22H23N3O4S/c1-4-25-20(27)17-8-6-7-9-18(17)24-22(25)30-14(3)19(26)23-16-12-10-15(11-13-16)21(28)29-5-2/h6-14H,4-5H2,1-3H3,(H,23,26). The van der Waals surface area contributed by atoms with Crippen molar-refractivity contribution in [2.45, 2.75) is 37.7 Å². The molecule has 0 aliphatic rings. The van der Waals surface area contributed by atoms with Crippen molar-refractivity contribution in [2.75, 3.05) is 11.9 Å². The Hall–Kier alpha value is -3.13. The average Bonchev–Trinajstić information content (AvgIpc) is 2.74. The highest BCUT2D eigenvalue weighted by Gasteiger charge is 2.19. The van der Waals surface area contributed by atoms with Crippen LogP contribution in [0.4, 0.5) is 5.69 Å². The second-order valence-electron chi connectivity index (χ2n) is 6.51. The molecular weight excluding hydrogens is 402 g/mol. The quantitative estimate of drug-likeness (QED) is 0.353. The minimum absolute atomic E-state index is 0.118. The normalized spacial score (nSPS) is 11.8. The van der Waals surface area contributed by atoms with Crippen LogP contribution in [0.3, 0.4) is 0 Å². The fourth-order valence-corrected chi connectivity index (χ4v) is 3.85. The van der Waals surface area contributed by atoms with Gasteiger partial charge >= 0.3 is 5.97 Å². The van der Waals surface area contributed by atoms with E-state index in [-0.39, 0.29) is 11.5 Å². The molecule has 0 saturated carbocycles. The molecule has 2 aromatic carbocycles. The Labute approximate surface area is 178 Å². The third-order valence-electron chi connectivity index (χ3n) is 4.46. The van der Waals surface area contributed by atoms with Gasteiger partial charge in [0, 0.05) is 12.2 Å². The minimum atomic E-state index is -0.486. The maximum atomic E-state index is 12.7. The third-order valence-corrected chi connectivity index (χ3v) is 5.55. The van der Waals surface area contributed by atoms with Crippen LogP contribution in [0.25, 0.3) is 10.9 Å². The first-order chi connectivity index (χ1) is 14.4. The van der Waals surface area contributed by atoms with Gasteiger partial charge in [0.1, 0.15) is 0 Å². The predicted molar refractivity (Wildman–Crippen MR) is 118 cm³/mol. The van der Waals surface area contributed by atoms with Crippen molar-refractivity contribution in [3.8, 4) is 0 Å². The van der Waals surface area contributed by atoms with Gasteiger partial charge in [-0.3, -0.25) is 14.2 Å². The number of carbonyl (C=O) groups excluding carboxylic acids is 2. The lowest BCUT2D eigenvalue weighted by Crippen LogP contribution is -2.26. The lowest BCUT2D eigenvalue weighted by molar-refractivity contribution is -0.115. The molecule has 1 aromatic heterocycles. The molecule has 3 aromatic rings. The van der Waals surface area contributed by atoms with E-state index in [1.54, 1.807) is 54.8 Å². The zero-order chi connectivity index (χ0) is 21.7.